The van der Waals surface area contributed by atoms with Crippen molar-refractivity contribution in [1.82, 2.24) is 4.31 Å². The molecule has 1 N–H and O–H groups in total. The van der Waals surface area contributed by atoms with Crippen LogP contribution >= 0.6 is 0 Å². The number of aryl methyl sites for hydroxylation is 2. The van der Waals surface area contributed by atoms with Crippen LogP contribution in [-0.2, 0) is 27.8 Å². The molecule has 0 saturated carbocycles. The molecule has 0 aromatic heterocycles. The Morgan fingerprint density at radius 3 is 2.32 bits per heavy atom. The number of rotatable bonds is 6. The van der Waals surface area contributed by atoms with E-state index in [-0.39, 0.29) is 23.8 Å². The lowest BCUT2D eigenvalue weighted by atomic mass is 9.95. The highest BCUT2D eigenvalue weighted by Crippen LogP contribution is 2.34. The van der Waals surface area contributed by atoms with Gasteiger partial charge in [-0.1, -0.05) is 42.0 Å². The number of carbonyl (C=O) groups excluding carboxylic acids is 1. The molecule has 1 heterocycles. The molecule has 0 fully saturated rings. The number of nitrogens with one attached hydrogen (secondary N) is 1. The van der Waals surface area contributed by atoms with Gasteiger partial charge in [0.15, 0.2) is 11.5 Å². The fraction of sp³-hybridized carbons (Fsp3) is 0.269. The fourth-order valence-electron chi connectivity index (χ4n) is 4.26. The van der Waals surface area contributed by atoms with Gasteiger partial charge < -0.3 is 14.8 Å². The SMILES string of the molecule is COc1ccc(S(=O)(=O)N2Cc3ccccc3C[C@H]2C(=O)Nc2ccc(C)cc2C)cc1OC. The van der Waals surface area contributed by atoms with Crippen LogP contribution < -0.4 is 14.8 Å². The molecule has 1 aliphatic heterocycles. The van der Waals surface area contributed by atoms with Crippen molar-refractivity contribution in [2.24, 2.45) is 0 Å². The molecule has 3 aromatic carbocycles. The van der Waals surface area contributed by atoms with Crippen LogP contribution in [0.1, 0.15) is 22.3 Å². The molecule has 1 aliphatic rings. The van der Waals surface area contributed by atoms with Crippen molar-refractivity contribution in [3.8, 4) is 11.5 Å². The lowest BCUT2D eigenvalue weighted by molar-refractivity contribution is -0.120. The van der Waals surface area contributed by atoms with E-state index in [0.717, 1.165) is 22.3 Å². The number of methoxy groups -OCH3 is 2. The van der Waals surface area contributed by atoms with E-state index < -0.39 is 16.1 Å². The van der Waals surface area contributed by atoms with Gasteiger partial charge in [-0.15, -0.1) is 0 Å². The quantitative estimate of drug-likeness (QED) is 0.575. The Hall–Kier alpha value is -3.36. The van der Waals surface area contributed by atoms with Crippen molar-refractivity contribution in [3.05, 3.63) is 82.9 Å². The summed E-state index contributed by atoms with van der Waals surface area (Å²) in [7, 11) is -1.09. The molecule has 8 heteroatoms. The van der Waals surface area contributed by atoms with E-state index in [9.17, 15) is 13.2 Å². The average Bonchev–Trinajstić information content (AvgIpc) is 2.84. The van der Waals surface area contributed by atoms with E-state index in [1.165, 1.54) is 30.7 Å². The van der Waals surface area contributed by atoms with Gasteiger partial charge >= 0.3 is 0 Å². The van der Waals surface area contributed by atoms with Gasteiger partial charge in [-0.3, -0.25) is 4.79 Å². The van der Waals surface area contributed by atoms with Crippen molar-refractivity contribution in [2.75, 3.05) is 19.5 Å². The number of hydrogen-bond acceptors (Lipinski definition) is 5. The van der Waals surface area contributed by atoms with E-state index in [2.05, 4.69) is 5.32 Å². The number of sulfonamides is 1. The first-order chi connectivity index (χ1) is 16.2. The van der Waals surface area contributed by atoms with Crippen molar-refractivity contribution >= 4 is 21.6 Å². The topological polar surface area (TPSA) is 84.9 Å². The summed E-state index contributed by atoms with van der Waals surface area (Å²) in [5, 5.41) is 2.94. The van der Waals surface area contributed by atoms with Gasteiger partial charge in [-0.05, 0) is 55.2 Å². The molecule has 1 amide bonds. The highest BCUT2D eigenvalue weighted by molar-refractivity contribution is 7.89. The lowest BCUT2D eigenvalue weighted by Crippen LogP contribution is -2.50. The van der Waals surface area contributed by atoms with E-state index in [0.29, 0.717) is 17.2 Å². The van der Waals surface area contributed by atoms with Gasteiger partial charge in [0.1, 0.15) is 6.04 Å². The van der Waals surface area contributed by atoms with Crippen molar-refractivity contribution < 1.29 is 22.7 Å². The van der Waals surface area contributed by atoms with Crippen LogP contribution in [-0.4, -0.2) is 38.9 Å². The van der Waals surface area contributed by atoms with Gasteiger partial charge in [0.25, 0.3) is 0 Å². The van der Waals surface area contributed by atoms with Gasteiger partial charge in [0, 0.05) is 18.3 Å². The predicted octanol–water partition coefficient (Wildman–Crippen LogP) is 4.07. The number of nitrogens with zero attached hydrogens (tertiary/aromatic N) is 1. The number of anilines is 1. The van der Waals surface area contributed by atoms with E-state index >= 15 is 0 Å². The van der Waals surface area contributed by atoms with Crippen LogP contribution in [0.4, 0.5) is 5.69 Å². The molecule has 34 heavy (non-hydrogen) atoms. The monoisotopic (exact) mass is 480 g/mol. The zero-order valence-electron chi connectivity index (χ0n) is 19.7. The fourth-order valence-corrected chi connectivity index (χ4v) is 5.84. The summed E-state index contributed by atoms with van der Waals surface area (Å²) in [6.07, 6.45) is 0.277. The molecule has 3 aromatic rings. The third kappa shape index (κ3) is 4.51. The molecular weight excluding hydrogens is 452 g/mol. The Morgan fingerprint density at radius 2 is 1.65 bits per heavy atom. The molecule has 7 nitrogen and oxygen atoms in total. The van der Waals surface area contributed by atoms with Gasteiger partial charge in [0.05, 0.1) is 19.1 Å². The van der Waals surface area contributed by atoms with Gasteiger partial charge in [0.2, 0.25) is 15.9 Å². The highest BCUT2D eigenvalue weighted by atomic mass is 32.2. The summed E-state index contributed by atoms with van der Waals surface area (Å²) in [5.41, 5.74) is 4.50. The van der Waals surface area contributed by atoms with Crippen molar-refractivity contribution in [2.45, 2.75) is 37.8 Å². The first-order valence-corrected chi connectivity index (χ1v) is 12.4. The van der Waals surface area contributed by atoms with Crippen LogP contribution in [0, 0.1) is 13.8 Å². The van der Waals surface area contributed by atoms with Crippen LogP contribution in [0.15, 0.2) is 65.6 Å². The molecule has 0 aliphatic carbocycles. The smallest absolute Gasteiger partial charge is 0.244 e. The highest BCUT2D eigenvalue weighted by Gasteiger charge is 2.40. The van der Waals surface area contributed by atoms with Crippen molar-refractivity contribution in [3.63, 3.8) is 0 Å². The second-order valence-electron chi connectivity index (χ2n) is 8.36. The third-order valence-corrected chi connectivity index (χ3v) is 7.96. The minimum absolute atomic E-state index is 0.0360. The van der Waals surface area contributed by atoms with Gasteiger partial charge in [-0.25, -0.2) is 8.42 Å². The van der Waals surface area contributed by atoms with Gasteiger partial charge in [-0.2, -0.15) is 4.31 Å². The average molecular weight is 481 g/mol. The van der Waals surface area contributed by atoms with Crippen molar-refractivity contribution in [1.29, 1.82) is 0 Å². The lowest BCUT2D eigenvalue weighted by Gasteiger charge is -2.35. The maximum Gasteiger partial charge on any atom is 0.244 e. The minimum atomic E-state index is -4.03. The number of fused-ring (bicyclic) bond motifs is 1. The summed E-state index contributed by atoms with van der Waals surface area (Å²) in [6.45, 7) is 3.99. The Bertz CT molecular complexity index is 1340. The van der Waals surface area contributed by atoms with E-state index in [4.69, 9.17) is 9.47 Å². The van der Waals surface area contributed by atoms with E-state index in [1.807, 2.05) is 56.3 Å². The first-order valence-electron chi connectivity index (χ1n) is 10.9. The Morgan fingerprint density at radius 1 is 0.941 bits per heavy atom. The maximum atomic E-state index is 13.8. The zero-order valence-corrected chi connectivity index (χ0v) is 20.5. The number of amides is 1. The van der Waals surface area contributed by atoms with Crippen LogP contribution in [0.3, 0.4) is 0 Å². The number of carbonyl (C=O) groups is 1. The first kappa shape index (κ1) is 23.8. The summed E-state index contributed by atoms with van der Waals surface area (Å²) in [4.78, 5) is 13.5. The van der Waals surface area contributed by atoms with Crippen LogP contribution in [0.25, 0.3) is 0 Å². The zero-order chi connectivity index (χ0) is 24.5. The molecule has 0 unspecified atom stereocenters. The molecule has 0 bridgehead atoms. The number of hydrogen-bond donors (Lipinski definition) is 1. The Kier molecular flexibility index (Phi) is 6.63. The maximum absolute atomic E-state index is 13.8. The Labute approximate surface area is 200 Å². The third-order valence-electron chi connectivity index (χ3n) is 6.11. The molecule has 0 saturated heterocycles. The second kappa shape index (κ2) is 9.48. The molecule has 1 atom stereocenters. The Balaban J connectivity index is 1.74. The predicted molar refractivity (Wildman–Crippen MR) is 131 cm³/mol. The number of benzene rings is 3. The standard InChI is InChI=1S/C26H28N2O5S/c1-17-9-11-22(18(2)13-17)27-26(29)23-14-19-7-5-6-8-20(19)16-28(23)34(30,31)21-10-12-24(32-3)25(15-21)33-4/h5-13,15,23H,14,16H2,1-4H3,(H,27,29)/t23-/m0/s1. The molecule has 0 radical (unpaired) electrons. The molecule has 178 valence electrons. The largest absolute Gasteiger partial charge is 0.493 e. The van der Waals surface area contributed by atoms with E-state index in [1.54, 1.807) is 6.07 Å². The summed E-state index contributed by atoms with van der Waals surface area (Å²) in [5.74, 6) is 0.359. The normalized spacial score (nSPS) is 15.9. The molecular formula is C26H28N2O5S. The second-order valence-corrected chi connectivity index (χ2v) is 10.3. The summed E-state index contributed by atoms with van der Waals surface area (Å²) >= 11 is 0. The summed E-state index contributed by atoms with van der Waals surface area (Å²) in [6, 6.07) is 16.9. The summed E-state index contributed by atoms with van der Waals surface area (Å²) < 4.78 is 39.4. The van der Waals surface area contributed by atoms with Crippen LogP contribution in [0.2, 0.25) is 0 Å². The number of ether oxygens (including phenoxy) is 2. The minimum Gasteiger partial charge on any atom is -0.493 e. The van der Waals surface area contributed by atoms with Crippen LogP contribution in [0.5, 0.6) is 11.5 Å². The molecule has 4 rings (SSSR count). The molecule has 0 spiro atoms.